The Bertz CT molecular complexity index is 57.5. The first-order valence-corrected chi connectivity index (χ1v) is 5.55. The van der Waals surface area contributed by atoms with Gasteiger partial charge in [0.05, 0.1) is 0 Å². The quantitative estimate of drug-likeness (QED) is 0.588. The minimum Gasteiger partial charge on any atom is -0.165 e. The zero-order valence-electron chi connectivity index (χ0n) is 5.22. The summed E-state index contributed by atoms with van der Waals surface area (Å²) in [5, 5.41) is 0. The smallest absolute Gasteiger partial charge is 0.00310 e. The minimum absolute atomic E-state index is 1.04. The lowest BCUT2D eigenvalue weighted by atomic mass is 10.2. The van der Waals surface area contributed by atoms with Crippen LogP contribution in [0, 0.1) is 5.92 Å². The van der Waals surface area contributed by atoms with Crippen LogP contribution in [0.3, 0.4) is 0 Å². The molecule has 0 aromatic rings. The SMILES string of the molecule is CSCC1CCSC1. The maximum Gasteiger partial charge on any atom is -0.00310 e. The third kappa shape index (κ3) is 1.90. The molecule has 0 amide bonds. The largest absolute Gasteiger partial charge is 0.165 e. The van der Waals surface area contributed by atoms with Crippen molar-refractivity contribution in [3.05, 3.63) is 0 Å². The molecule has 48 valence electrons. The van der Waals surface area contributed by atoms with Crippen LogP contribution in [0.25, 0.3) is 0 Å². The molecular formula is C6H12S2. The second kappa shape index (κ2) is 3.67. The van der Waals surface area contributed by atoms with E-state index in [2.05, 4.69) is 18.0 Å². The molecule has 1 atom stereocenters. The van der Waals surface area contributed by atoms with Gasteiger partial charge in [-0.3, -0.25) is 0 Å². The topological polar surface area (TPSA) is 0 Å². The molecule has 0 aliphatic carbocycles. The Hall–Kier alpha value is 0.700. The van der Waals surface area contributed by atoms with E-state index in [4.69, 9.17) is 0 Å². The van der Waals surface area contributed by atoms with Gasteiger partial charge in [-0.2, -0.15) is 23.5 Å². The van der Waals surface area contributed by atoms with Crippen molar-refractivity contribution in [2.24, 2.45) is 5.92 Å². The highest BCUT2D eigenvalue weighted by Gasteiger charge is 2.13. The molecule has 0 N–H and O–H groups in total. The maximum absolute atomic E-state index is 2.20. The Morgan fingerprint density at radius 2 is 2.62 bits per heavy atom. The van der Waals surface area contributed by atoms with Crippen LogP contribution in [0.5, 0.6) is 0 Å². The van der Waals surface area contributed by atoms with Gasteiger partial charge in [0.25, 0.3) is 0 Å². The first-order valence-electron chi connectivity index (χ1n) is 3.00. The van der Waals surface area contributed by atoms with Crippen LogP contribution in [0.1, 0.15) is 6.42 Å². The molecule has 1 aliphatic rings. The summed E-state index contributed by atoms with van der Waals surface area (Å²) in [7, 11) is 0. The number of hydrogen-bond acceptors (Lipinski definition) is 2. The third-order valence-corrected chi connectivity index (χ3v) is 3.46. The Kier molecular flexibility index (Phi) is 3.13. The van der Waals surface area contributed by atoms with Crippen molar-refractivity contribution in [1.82, 2.24) is 0 Å². The highest BCUT2D eigenvalue weighted by molar-refractivity contribution is 8.00. The lowest BCUT2D eigenvalue weighted by Crippen LogP contribution is -1.99. The lowest BCUT2D eigenvalue weighted by Gasteiger charge is -2.02. The molecule has 1 heterocycles. The van der Waals surface area contributed by atoms with E-state index in [1.165, 1.54) is 23.7 Å². The molecule has 1 saturated heterocycles. The Morgan fingerprint density at radius 3 is 3.12 bits per heavy atom. The van der Waals surface area contributed by atoms with Gasteiger partial charge in [-0.1, -0.05) is 0 Å². The molecule has 0 radical (unpaired) electrons. The fourth-order valence-electron chi connectivity index (χ4n) is 0.950. The van der Waals surface area contributed by atoms with Crippen molar-refractivity contribution in [3.8, 4) is 0 Å². The van der Waals surface area contributed by atoms with Crippen LogP contribution in [0.2, 0.25) is 0 Å². The van der Waals surface area contributed by atoms with Gasteiger partial charge < -0.3 is 0 Å². The molecule has 1 unspecified atom stereocenters. The summed E-state index contributed by atoms with van der Waals surface area (Å²) in [5.74, 6) is 5.24. The molecule has 2 heteroatoms. The third-order valence-electron chi connectivity index (χ3n) is 1.43. The van der Waals surface area contributed by atoms with Crippen LogP contribution in [-0.4, -0.2) is 23.5 Å². The van der Waals surface area contributed by atoms with Gasteiger partial charge >= 0.3 is 0 Å². The molecule has 0 bridgehead atoms. The summed E-state index contributed by atoms with van der Waals surface area (Å²) < 4.78 is 0. The average molecular weight is 148 g/mol. The Labute approximate surface area is 59.8 Å². The van der Waals surface area contributed by atoms with Gasteiger partial charge in [-0.15, -0.1) is 0 Å². The van der Waals surface area contributed by atoms with Gasteiger partial charge in [-0.25, -0.2) is 0 Å². The zero-order valence-corrected chi connectivity index (χ0v) is 6.86. The van der Waals surface area contributed by atoms with E-state index in [0.717, 1.165) is 5.92 Å². The predicted octanol–water partition coefficient (Wildman–Crippen LogP) is 2.10. The van der Waals surface area contributed by atoms with E-state index in [0.29, 0.717) is 0 Å². The van der Waals surface area contributed by atoms with Crippen molar-refractivity contribution < 1.29 is 0 Å². The number of rotatable bonds is 2. The maximum atomic E-state index is 2.20. The van der Waals surface area contributed by atoms with Crippen molar-refractivity contribution in [2.75, 3.05) is 23.5 Å². The first-order chi connectivity index (χ1) is 3.93. The molecule has 0 aromatic heterocycles. The van der Waals surface area contributed by atoms with Crippen LogP contribution < -0.4 is 0 Å². The van der Waals surface area contributed by atoms with Crippen LogP contribution in [0.15, 0.2) is 0 Å². The van der Waals surface area contributed by atoms with E-state index in [1.54, 1.807) is 0 Å². The predicted molar refractivity (Wildman–Crippen MR) is 43.8 cm³/mol. The second-order valence-corrected chi connectivity index (χ2v) is 4.25. The lowest BCUT2D eigenvalue weighted by molar-refractivity contribution is 0.681. The molecule has 0 nitrogen and oxygen atoms in total. The van der Waals surface area contributed by atoms with Crippen LogP contribution in [-0.2, 0) is 0 Å². The summed E-state index contributed by atoms with van der Waals surface area (Å²) in [4.78, 5) is 0. The van der Waals surface area contributed by atoms with Gasteiger partial charge in [0, 0.05) is 0 Å². The normalized spacial score (nSPS) is 28.9. The fourth-order valence-corrected chi connectivity index (χ4v) is 3.14. The Morgan fingerprint density at radius 1 is 1.75 bits per heavy atom. The van der Waals surface area contributed by atoms with E-state index < -0.39 is 0 Å². The average Bonchev–Trinajstić information content (AvgIpc) is 2.19. The van der Waals surface area contributed by atoms with Gasteiger partial charge in [0.1, 0.15) is 0 Å². The van der Waals surface area contributed by atoms with Crippen molar-refractivity contribution in [3.63, 3.8) is 0 Å². The van der Waals surface area contributed by atoms with E-state index in [1.807, 2.05) is 11.8 Å². The monoisotopic (exact) mass is 148 g/mol. The summed E-state index contributed by atoms with van der Waals surface area (Å²) in [6.07, 6.45) is 3.66. The zero-order chi connectivity index (χ0) is 5.82. The van der Waals surface area contributed by atoms with Crippen LogP contribution in [0.4, 0.5) is 0 Å². The molecule has 0 spiro atoms. The highest BCUT2D eigenvalue weighted by atomic mass is 32.2. The molecular weight excluding hydrogens is 136 g/mol. The second-order valence-electron chi connectivity index (χ2n) is 2.18. The van der Waals surface area contributed by atoms with E-state index in [9.17, 15) is 0 Å². The van der Waals surface area contributed by atoms with Crippen molar-refractivity contribution in [1.29, 1.82) is 0 Å². The minimum atomic E-state index is 1.04. The fraction of sp³-hybridized carbons (Fsp3) is 1.00. The molecule has 1 aliphatic heterocycles. The standard InChI is InChI=1S/C6H12S2/c1-7-4-6-2-3-8-5-6/h6H,2-5H2,1H3. The number of thioether (sulfide) groups is 2. The number of hydrogen-bond donors (Lipinski definition) is 0. The molecule has 0 saturated carbocycles. The van der Waals surface area contributed by atoms with Gasteiger partial charge in [0.2, 0.25) is 0 Å². The van der Waals surface area contributed by atoms with E-state index in [-0.39, 0.29) is 0 Å². The summed E-state index contributed by atoms with van der Waals surface area (Å²) >= 11 is 4.09. The molecule has 1 rings (SSSR count). The van der Waals surface area contributed by atoms with Gasteiger partial charge in [0.15, 0.2) is 0 Å². The summed E-state index contributed by atoms with van der Waals surface area (Å²) in [6.45, 7) is 0. The highest BCUT2D eigenvalue weighted by Crippen LogP contribution is 2.25. The van der Waals surface area contributed by atoms with Gasteiger partial charge in [-0.05, 0) is 35.9 Å². The first kappa shape index (κ1) is 6.81. The summed E-state index contributed by atoms with van der Waals surface area (Å²) in [5.41, 5.74) is 0. The molecule has 1 fully saturated rings. The van der Waals surface area contributed by atoms with Crippen molar-refractivity contribution in [2.45, 2.75) is 6.42 Å². The van der Waals surface area contributed by atoms with Crippen LogP contribution >= 0.6 is 23.5 Å². The summed E-state index contributed by atoms with van der Waals surface area (Å²) in [6, 6.07) is 0. The Balaban J connectivity index is 2.06. The van der Waals surface area contributed by atoms with Crippen molar-refractivity contribution >= 4 is 23.5 Å². The molecule has 0 aromatic carbocycles. The molecule has 8 heavy (non-hydrogen) atoms. The van der Waals surface area contributed by atoms with E-state index >= 15 is 0 Å².